The molecule has 0 saturated heterocycles. The van der Waals surface area contributed by atoms with E-state index in [2.05, 4.69) is 20.3 Å². The smallest absolute Gasteiger partial charge is 0.227 e. The Morgan fingerprint density at radius 2 is 2.18 bits per heavy atom. The van der Waals surface area contributed by atoms with Gasteiger partial charge < -0.3 is 10.1 Å². The summed E-state index contributed by atoms with van der Waals surface area (Å²) in [5.74, 6) is 2.23. The van der Waals surface area contributed by atoms with Crippen LogP contribution < -0.4 is 10.1 Å². The second-order valence-corrected chi connectivity index (χ2v) is 5.56. The first-order valence-corrected chi connectivity index (χ1v) is 7.89. The van der Waals surface area contributed by atoms with Crippen molar-refractivity contribution in [2.45, 2.75) is 6.92 Å². The van der Waals surface area contributed by atoms with Crippen LogP contribution in [0.15, 0.2) is 47.2 Å². The van der Waals surface area contributed by atoms with E-state index in [-0.39, 0.29) is 0 Å². The van der Waals surface area contributed by atoms with Gasteiger partial charge in [-0.15, -0.1) is 11.8 Å². The molecule has 6 heteroatoms. The van der Waals surface area contributed by atoms with E-state index in [4.69, 9.17) is 4.74 Å². The standard InChI is InChI=1S/C16H16N4OS/c1-11-14(9-22-10-18-11)15-6-7-17-16(20-15)19-12-4-3-5-13(8-12)21-2/h3-8,10H,9H2,1-2H3,(H,17,19,20). The maximum Gasteiger partial charge on any atom is 0.227 e. The van der Waals surface area contributed by atoms with Gasteiger partial charge in [0.1, 0.15) is 5.75 Å². The Kier molecular flexibility index (Phi) is 4.39. The Balaban J connectivity index is 1.86. The third-order valence-corrected chi connectivity index (χ3v) is 3.99. The predicted molar refractivity (Wildman–Crippen MR) is 91.9 cm³/mol. The van der Waals surface area contributed by atoms with Crippen molar-refractivity contribution in [2.24, 2.45) is 4.99 Å². The molecule has 22 heavy (non-hydrogen) atoms. The number of benzene rings is 1. The number of aliphatic imine (C=N–C) groups is 1. The molecule has 0 bridgehead atoms. The second-order valence-electron chi connectivity index (χ2n) is 4.73. The Morgan fingerprint density at radius 3 is 3.00 bits per heavy atom. The molecule has 0 atom stereocenters. The summed E-state index contributed by atoms with van der Waals surface area (Å²) >= 11 is 1.67. The number of thioether (sulfide) groups is 1. The highest BCUT2D eigenvalue weighted by molar-refractivity contribution is 8.12. The molecule has 0 spiro atoms. The molecule has 1 aliphatic rings. The SMILES string of the molecule is COc1cccc(Nc2nccc(C3=C(C)N=CSC3)n2)c1. The molecule has 1 aromatic carbocycles. The van der Waals surface area contributed by atoms with E-state index in [1.165, 1.54) is 0 Å². The first-order valence-electron chi connectivity index (χ1n) is 6.84. The fourth-order valence-corrected chi connectivity index (χ4v) is 2.93. The first-order chi connectivity index (χ1) is 10.8. The van der Waals surface area contributed by atoms with Gasteiger partial charge in [-0.3, -0.25) is 4.99 Å². The van der Waals surface area contributed by atoms with Crippen LogP contribution in [0.25, 0.3) is 5.57 Å². The summed E-state index contributed by atoms with van der Waals surface area (Å²) < 4.78 is 5.22. The number of nitrogens with one attached hydrogen (secondary N) is 1. The number of anilines is 2. The van der Waals surface area contributed by atoms with Crippen LogP contribution in [0, 0.1) is 0 Å². The van der Waals surface area contributed by atoms with Gasteiger partial charge in [0, 0.05) is 35.0 Å². The van der Waals surface area contributed by atoms with Crippen molar-refractivity contribution < 1.29 is 4.74 Å². The average molecular weight is 312 g/mol. The molecule has 1 aromatic heterocycles. The topological polar surface area (TPSA) is 59.4 Å². The van der Waals surface area contributed by atoms with Crippen molar-refractivity contribution in [1.29, 1.82) is 0 Å². The molecule has 0 aliphatic carbocycles. The molecule has 0 unspecified atom stereocenters. The molecule has 2 aromatic rings. The normalized spacial score (nSPS) is 14.1. The number of rotatable bonds is 4. The van der Waals surface area contributed by atoms with E-state index in [0.29, 0.717) is 5.95 Å². The van der Waals surface area contributed by atoms with Gasteiger partial charge in [-0.25, -0.2) is 9.97 Å². The zero-order valence-electron chi connectivity index (χ0n) is 12.4. The lowest BCUT2D eigenvalue weighted by molar-refractivity contribution is 0.415. The molecule has 0 amide bonds. The van der Waals surface area contributed by atoms with E-state index in [0.717, 1.165) is 34.2 Å². The first kappa shape index (κ1) is 14.6. The average Bonchev–Trinajstić information content (AvgIpc) is 2.56. The quantitative estimate of drug-likeness (QED) is 0.932. The van der Waals surface area contributed by atoms with Crippen molar-refractivity contribution >= 4 is 34.5 Å². The third kappa shape index (κ3) is 3.28. The summed E-state index contributed by atoms with van der Waals surface area (Å²) in [4.78, 5) is 13.2. The molecule has 0 radical (unpaired) electrons. The molecule has 2 heterocycles. The number of aromatic nitrogens is 2. The lowest BCUT2D eigenvalue weighted by atomic mass is 10.1. The summed E-state index contributed by atoms with van der Waals surface area (Å²) in [6, 6.07) is 9.58. The molecule has 3 rings (SSSR count). The van der Waals surface area contributed by atoms with Crippen molar-refractivity contribution in [3.63, 3.8) is 0 Å². The summed E-state index contributed by atoms with van der Waals surface area (Å²) in [7, 11) is 1.65. The van der Waals surface area contributed by atoms with Crippen LogP contribution in [0.3, 0.4) is 0 Å². The lowest BCUT2D eigenvalue weighted by Crippen LogP contribution is -2.03. The van der Waals surface area contributed by atoms with Gasteiger partial charge >= 0.3 is 0 Å². The van der Waals surface area contributed by atoms with Gasteiger partial charge in [0.05, 0.1) is 18.4 Å². The van der Waals surface area contributed by atoms with E-state index < -0.39 is 0 Å². The van der Waals surface area contributed by atoms with Gasteiger partial charge in [-0.1, -0.05) is 6.07 Å². The Hall–Kier alpha value is -2.34. The van der Waals surface area contributed by atoms with Crippen molar-refractivity contribution in [2.75, 3.05) is 18.2 Å². The van der Waals surface area contributed by atoms with E-state index in [9.17, 15) is 0 Å². The fraction of sp³-hybridized carbons (Fsp3) is 0.188. The van der Waals surface area contributed by atoms with Crippen LogP contribution >= 0.6 is 11.8 Å². The van der Waals surface area contributed by atoms with Crippen molar-refractivity contribution in [1.82, 2.24) is 9.97 Å². The molecule has 1 aliphatic heterocycles. The molecule has 0 fully saturated rings. The lowest BCUT2D eigenvalue weighted by Gasteiger charge is -2.13. The van der Waals surface area contributed by atoms with Crippen LogP contribution in [0.2, 0.25) is 0 Å². The maximum atomic E-state index is 5.22. The van der Waals surface area contributed by atoms with Crippen LogP contribution in [0.5, 0.6) is 5.75 Å². The van der Waals surface area contributed by atoms with Gasteiger partial charge in [0.2, 0.25) is 5.95 Å². The zero-order chi connectivity index (χ0) is 15.4. The Labute approximate surface area is 133 Å². The zero-order valence-corrected chi connectivity index (χ0v) is 13.2. The number of ether oxygens (including phenoxy) is 1. The molecule has 0 saturated carbocycles. The summed E-state index contributed by atoms with van der Waals surface area (Å²) in [6.45, 7) is 2.00. The van der Waals surface area contributed by atoms with E-state index in [1.54, 1.807) is 25.1 Å². The summed E-state index contributed by atoms with van der Waals surface area (Å²) in [5.41, 5.74) is 5.81. The Bertz CT molecular complexity index is 742. The van der Waals surface area contributed by atoms with Crippen molar-refractivity contribution in [3.8, 4) is 5.75 Å². The van der Waals surface area contributed by atoms with Crippen LogP contribution in [-0.4, -0.2) is 28.4 Å². The Morgan fingerprint density at radius 1 is 1.27 bits per heavy atom. The van der Waals surface area contributed by atoms with E-state index in [1.807, 2.05) is 42.8 Å². The number of nitrogens with zero attached hydrogens (tertiary/aromatic N) is 3. The highest BCUT2D eigenvalue weighted by Crippen LogP contribution is 2.26. The van der Waals surface area contributed by atoms with Crippen molar-refractivity contribution in [3.05, 3.63) is 47.9 Å². The molecular weight excluding hydrogens is 296 g/mol. The van der Waals surface area contributed by atoms with E-state index >= 15 is 0 Å². The second kappa shape index (κ2) is 6.62. The molecule has 112 valence electrons. The summed E-state index contributed by atoms with van der Waals surface area (Å²) in [6.07, 6.45) is 1.76. The number of hydrogen-bond acceptors (Lipinski definition) is 6. The van der Waals surface area contributed by atoms with Crippen LogP contribution in [0.1, 0.15) is 12.6 Å². The number of allylic oxidation sites excluding steroid dienone is 1. The highest BCUT2D eigenvalue weighted by Gasteiger charge is 2.11. The highest BCUT2D eigenvalue weighted by atomic mass is 32.2. The maximum absolute atomic E-state index is 5.22. The largest absolute Gasteiger partial charge is 0.497 e. The number of methoxy groups -OCH3 is 1. The van der Waals surface area contributed by atoms with Gasteiger partial charge in [-0.05, 0) is 25.1 Å². The van der Waals surface area contributed by atoms with Gasteiger partial charge in [0.25, 0.3) is 0 Å². The molecule has 1 N–H and O–H groups in total. The van der Waals surface area contributed by atoms with Crippen LogP contribution in [-0.2, 0) is 0 Å². The van der Waals surface area contributed by atoms with Crippen LogP contribution in [0.4, 0.5) is 11.6 Å². The summed E-state index contributed by atoms with van der Waals surface area (Å²) in [5, 5.41) is 3.20. The molecule has 5 nitrogen and oxygen atoms in total. The minimum absolute atomic E-state index is 0.561. The van der Waals surface area contributed by atoms with Gasteiger partial charge in [-0.2, -0.15) is 0 Å². The number of hydrogen-bond donors (Lipinski definition) is 1. The minimum Gasteiger partial charge on any atom is -0.497 e. The van der Waals surface area contributed by atoms with Gasteiger partial charge in [0.15, 0.2) is 0 Å². The third-order valence-electron chi connectivity index (χ3n) is 3.28. The molecular formula is C16H16N4OS. The monoisotopic (exact) mass is 312 g/mol. The predicted octanol–water partition coefficient (Wildman–Crippen LogP) is 3.73. The minimum atomic E-state index is 0.561. The fourth-order valence-electron chi connectivity index (χ4n) is 2.10.